The van der Waals surface area contributed by atoms with Gasteiger partial charge in [-0.25, -0.2) is 4.79 Å². The molecule has 2 rings (SSSR count). The molecular formula is C14H8INO3. The fourth-order valence-corrected chi connectivity index (χ4v) is 2.01. The molecule has 19 heavy (non-hydrogen) atoms. The van der Waals surface area contributed by atoms with Crippen LogP contribution in [0.3, 0.4) is 0 Å². The van der Waals surface area contributed by atoms with Gasteiger partial charge in [-0.1, -0.05) is 6.07 Å². The van der Waals surface area contributed by atoms with Crippen LogP contribution in [0.4, 0.5) is 0 Å². The minimum absolute atomic E-state index is 0.0616. The van der Waals surface area contributed by atoms with Gasteiger partial charge in [0.2, 0.25) is 0 Å². The summed E-state index contributed by atoms with van der Waals surface area (Å²) < 4.78 is 6.61. The Kier molecular flexibility index (Phi) is 4.02. The van der Waals surface area contributed by atoms with Crippen molar-refractivity contribution in [3.8, 4) is 17.6 Å². The molecule has 0 saturated carbocycles. The topological polar surface area (TPSA) is 70.3 Å². The summed E-state index contributed by atoms with van der Waals surface area (Å²) in [6.45, 7) is 0. The molecule has 0 atom stereocenters. The Morgan fingerprint density at radius 2 is 2.05 bits per heavy atom. The van der Waals surface area contributed by atoms with E-state index >= 15 is 0 Å². The first-order valence-corrected chi connectivity index (χ1v) is 6.39. The van der Waals surface area contributed by atoms with E-state index in [-0.39, 0.29) is 11.1 Å². The van der Waals surface area contributed by atoms with Gasteiger partial charge < -0.3 is 9.84 Å². The summed E-state index contributed by atoms with van der Waals surface area (Å²) in [5.74, 6) is -0.127. The zero-order valence-corrected chi connectivity index (χ0v) is 11.8. The van der Waals surface area contributed by atoms with E-state index in [1.165, 1.54) is 18.2 Å². The lowest BCUT2D eigenvalue weighted by molar-refractivity contribution is 0.0697. The van der Waals surface area contributed by atoms with Gasteiger partial charge in [0.25, 0.3) is 0 Å². The van der Waals surface area contributed by atoms with Gasteiger partial charge in [-0.3, -0.25) is 0 Å². The van der Waals surface area contributed by atoms with Crippen LogP contribution >= 0.6 is 22.6 Å². The molecule has 0 bridgehead atoms. The lowest BCUT2D eigenvalue weighted by atomic mass is 10.1. The van der Waals surface area contributed by atoms with E-state index < -0.39 is 5.97 Å². The van der Waals surface area contributed by atoms with Crippen LogP contribution in [-0.2, 0) is 0 Å². The highest BCUT2D eigenvalue weighted by Gasteiger charge is 2.10. The molecule has 5 heteroatoms. The van der Waals surface area contributed by atoms with Gasteiger partial charge in [0.15, 0.2) is 0 Å². The smallest absolute Gasteiger partial charge is 0.335 e. The third-order valence-corrected chi connectivity index (χ3v) is 3.04. The number of ether oxygens (including phenoxy) is 1. The fourth-order valence-electron chi connectivity index (χ4n) is 1.50. The number of aromatic carboxylic acids is 1. The molecule has 0 aliphatic heterocycles. The first-order chi connectivity index (χ1) is 9.10. The second kappa shape index (κ2) is 5.71. The van der Waals surface area contributed by atoms with Crippen LogP contribution in [0, 0.1) is 14.9 Å². The van der Waals surface area contributed by atoms with E-state index in [0.29, 0.717) is 11.5 Å². The van der Waals surface area contributed by atoms with Crippen LogP contribution in [0.2, 0.25) is 0 Å². The Balaban J connectivity index is 2.36. The van der Waals surface area contributed by atoms with Crippen LogP contribution in [-0.4, -0.2) is 11.1 Å². The lowest BCUT2D eigenvalue weighted by Gasteiger charge is -2.08. The predicted molar refractivity (Wildman–Crippen MR) is 77.3 cm³/mol. The molecule has 4 nitrogen and oxygen atoms in total. The van der Waals surface area contributed by atoms with Gasteiger partial charge in [0.1, 0.15) is 17.6 Å². The molecule has 1 N–H and O–H groups in total. The van der Waals surface area contributed by atoms with Gasteiger partial charge >= 0.3 is 5.97 Å². The second-order valence-electron chi connectivity index (χ2n) is 3.69. The van der Waals surface area contributed by atoms with E-state index in [0.717, 1.165) is 3.57 Å². The van der Waals surface area contributed by atoms with Crippen molar-refractivity contribution in [2.24, 2.45) is 0 Å². The van der Waals surface area contributed by atoms with E-state index in [9.17, 15) is 4.79 Å². The maximum Gasteiger partial charge on any atom is 0.335 e. The van der Waals surface area contributed by atoms with E-state index in [4.69, 9.17) is 15.1 Å². The Morgan fingerprint density at radius 1 is 1.26 bits per heavy atom. The lowest BCUT2D eigenvalue weighted by Crippen LogP contribution is -1.98. The number of benzene rings is 2. The zero-order valence-electron chi connectivity index (χ0n) is 9.63. The van der Waals surface area contributed by atoms with Gasteiger partial charge in [-0.15, -0.1) is 0 Å². The maximum absolute atomic E-state index is 10.8. The van der Waals surface area contributed by atoms with Gasteiger partial charge in [-0.05, 0) is 59.0 Å². The quantitative estimate of drug-likeness (QED) is 0.843. The van der Waals surface area contributed by atoms with E-state index in [1.807, 2.05) is 24.3 Å². The number of rotatable bonds is 3. The molecule has 0 aliphatic carbocycles. The molecule has 0 amide bonds. The molecule has 0 saturated heterocycles. The van der Waals surface area contributed by atoms with Crippen LogP contribution in [0.25, 0.3) is 0 Å². The van der Waals surface area contributed by atoms with Crippen LogP contribution in [0.5, 0.6) is 11.5 Å². The van der Waals surface area contributed by atoms with Crippen LogP contribution in [0.1, 0.15) is 15.9 Å². The SMILES string of the molecule is N#Cc1cc(C(=O)O)ccc1Oc1cccc(I)c1. The molecule has 94 valence electrons. The average Bonchev–Trinajstić information content (AvgIpc) is 2.39. The maximum atomic E-state index is 10.8. The summed E-state index contributed by atoms with van der Waals surface area (Å²) in [7, 11) is 0. The molecule has 0 aromatic heterocycles. The van der Waals surface area contributed by atoms with Crippen LogP contribution in [0.15, 0.2) is 42.5 Å². The molecule has 2 aromatic carbocycles. The summed E-state index contributed by atoms with van der Waals surface area (Å²) in [5, 5.41) is 17.9. The summed E-state index contributed by atoms with van der Waals surface area (Å²) >= 11 is 2.16. The van der Waals surface area contributed by atoms with Crippen molar-refractivity contribution < 1.29 is 14.6 Å². The van der Waals surface area contributed by atoms with Crippen molar-refractivity contribution in [1.82, 2.24) is 0 Å². The summed E-state index contributed by atoms with van der Waals surface area (Å²) in [6.07, 6.45) is 0. The van der Waals surface area contributed by atoms with Crippen molar-refractivity contribution in [2.45, 2.75) is 0 Å². The van der Waals surface area contributed by atoms with Crippen molar-refractivity contribution in [3.05, 3.63) is 57.2 Å². The first-order valence-electron chi connectivity index (χ1n) is 5.31. The largest absolute Gasteiger partial charge is 0.478 e. The van der Waals surface area contributed by atoms with E-state index in [2.05, 4.69) is 22.6 Å². The Morgan fingerprint density at radius 3 is 2.68 bits per heavy atom. The Bertz CT molecular complexity index is 677. The highest BCUT2D eigenvalue weighted by Crippen LogP contribution is 2.26. The molecule has 0 heterocycles. The number of nitriles is 1. The summed E-state index contributed by atoms with van der Waals surface area (Å²) in [4.78, 5) is 10.8. The normalized spacial score (nSPS) is 9.68. The molecule has 2 aromatic rings. The summed E-state index contributed by atoms with van der Waals surface area (Å²) in [5.41, 5.74) is 0.255. The number of halogens is 1. The first kappa shape index (κ1) is 13.4. The number of hydrogen-bond acceptors (Lipinski definition) is 3. The third kappa shape index (κ3) is 3.23. The Hall–Kier alpha value is -2.07. The third-order valence-electron chi connectivity index (χ3n) is 2.37. The van der Waals surface area contributed by atoms with E-state index in [1.54, 1.807) is 6.07 Å². The molecule has 0 aliphatic rings. The number of carbonyl (C=O) groups is 1. The second-order valence-corrected chi connectivity index (χ2v) is 4.93. The fraction of sp³-hybridized carbons (Fsp3) is 0. The molecule has 0 unspecified atom stereocenters. The molecule has 0 fully saturated rings. The monoisotopic (exact) mass is 365 g/mol. The standard InChI is InChI=1S/C14H8INO3/c15-11-2-1-3-12(7-11)19-13-5-4-9(14(17)18)6-10(13)8-16/h1-7H,(H,17,18). The minimum atomic E-state index is -1.07. The molecular weight excluding hydrogens is 357 g/mol. The zero-order chi connectivity index (χ0) is 13.8. The Labute approximate surface area is 123 Å². The number of hydrogen-bond donors (Lipinski definition) is 1. The van der Waals surface area contributed by atoms with Crippen molar-refractivity contribution in [3.63, 3.8) is 0 Å². The number of carboxylic acids is 1. The van der Waals surface area contributed by atoms with Crippen molar-refractivity contribution in [2.75, 3.05) is 0 Å². The van der Waals surface area contributed by atoms with Crippen LogP contribution < -0.4 is 4.74 Å². The number of nitrogens with zero attached hydrogens (tertiary/aromatic N) is 1. The predicted octanol–water partition coefficient (Wildman–Crippen LogP) is 3.65. The molecule has 0 spiro atoms. The highest BCUT2D eigenvalue weighted by molar-refractivity contribution is 14.1. The van der Waals surface area contributed by atoms with Gasteiger partial charge in [-0.2, -0.15) is 5.26 Å². The number of carboxylic acid groups (broad SMARTS) is 1. The summed E-state index contributed by atoms with van der Waals surface area (Å²) in [6, 6.07) is 13.5. The van der Waals surface area contributed by atoms with Gasteiger partial charge in [0, 0.05) is 3.57 Å². The average molecular weight is 365 g/mol. The van der Waals surface area contributed by atoms with Crippen molar-refractivity contribution >= 4 is 28.6 Å². The van der Waals surface area contributed by atoms with Gasteiger partial charge in [0.05, 0.1) is 11.1 Å². The molecule has 0 radical (unpaired) electrons. The minimum Gasteiger partial charge on any atom is -0.478 e. The highest BCUT2D eigenvalue weighted by atomic mass is 127. The van der Waals surface area contributed by atoms with Crippen molar-refractivity contribution in [1.29, 1.82) is 5.26 Å².